The third-order valence-corrected chi connectivity index (χ3v) is 6.46. The maximum atomic E-state index is 11.9. The van der Waals surface area contributed by atoms with Crippen molar-refractivity contribution in [3.05, 3.63) is 23.8 Å². The number of carbonyl (C=O) groups excluding carboxylic acids is 1. The molecule has 1 amide bonds. The van der Waals surface area contributed by atoms with Crippen molar-refractivity contribution in [1.29, 1.82) is 0 Å². The summed E-state index contributed by atoms with van der Waals surface area (Å²) in [5, 5.41) is 13.0. The van der Waals surface area contributed by atoms with Gasteiger partial charge in [0, 0.05) is 36.4 Å². The molecule has 1 heterocycles. The van der Waals surface area contributed by atoms with Gasteiger partial charge in [-0.3, -0.25) is 9.59 Å². The lowest BCUT2D eigenvalue weighted by Gasteiger charge is -2.42. The lowest BCUT2D eigenvalue weighted by molar-refractivity contribution is -0.137. The lowest BCUT2D eigenvalue weighted by atomic mass is 9.65. The molecule has 1 aromatic rings. The topological polar surface area (TPSA) is 100 Å². The van der Waals surface area contributed by atoms with Crippen molar-refractivity contribution in [2.75, 3.05) is 27.8 Å². The Bertz CT molecular complexity index is 825. The number of amides is 1. The average Bonchev–Trinajstić information content (AvgIpc) is 3.08. The molecule has 1 aromatic carbocycles. The van der Waals surface area contributed by atoms with Gasteiger partial charge >= 0.3 is 5.97 Å². The van der Waals surface area contributed by atoms with Gasteiger partial charge in [-0.1, -0.05) is 6.07 Å². The number of hydrazone groups is 1. The summed E-state index contributed by atoms with van der Waals surface area (Å²) in [6.45, 7) is 1.01. The van der Waals surface area contributed by atoms with Gasteiger partial charge in [-0.2, -0.15) is 5.10 Å². The molecule has 1 aliphatic carbocycles. The number of fused-ring (bicyclic) bond motifs is 1. The Morgan fingerprint density at radius 3 is 2.70 bits per heavy atom. The Balaban J connectivity index is 1.71. The third-order valence-electron chi connectivity index (χ3n) is 6.46. The van der Waals surface area contributed by atoms with Gasteiger partial charge in [-0.15, -0.1) is 0 Å². The van der Waals surface area contributed by atoms with Crippen LogP contribution in [0.5, 0.6) is 11.5 Å². The van der Waals surface area contributed by atoms with Crippen LogP contribution < -0.4 is 14.9 Å². The molecular formula is C22H31N3O5. The first kappa shape index (κ1) is 22.1. The summed E-state index contributed by atoms with van der Waals surface area (Å²) in [6.07, 6.45) is 4.10. The maximum absolute atomic E-state index is 11.9. The number of methoxy groups -OCH3 is 2. The molecule has 164 valence electrons. The molecule has 1 saturated carbocycles. The Morgan fingerprint density at radius 2 is 2.00 bits per heavy atom. The molecule has 0 unspecified atom stereocenters. The Kier molecular flexibility index (Phi) is 6.97. The molecule has 0 radical (unpaired) electrons. The largest absolute Gasteiger partial charge is 0.493 e. The van der Waals surface area contributed by atoms with Gasteiger partial charge in [0.05, 0.1) is 14.2 Å². The molecule has 2 aliphatic rings. The molecular weight excluding hydrogens is 386 g/mol. The molecule has 3 rings (SSSR count). The number of nitrogens with one attached hydrogen (secondary N) is 1. The van der Waals surface area contributed by atoms with Gasteiger partial charge in [0.25, 0.3) is 0 Å². The predicted molar refractivity (Wildman–Crippen MR) is 113 cm³/mol. The van der Waals surface area contributed by atoms with E-state index in [0.717, 1.165) is 49.4 Å². The molecule has 2 N–H and O–H groups in total. The molecule has 30 heavy (non-hydrogen) atoms. The maximum Gasteiger partial charge on any atom is 0.303 e. The van der Waals surface area contributed by atoms with Crippen LogP contribution in [0.15, 0.2) is 23.3 Å². The molecule has 8 heteroatoms. The van der Waals surface area contributed by atoms with Crippen LogP contribution in [-0.4, -0.2) is 61.4 Å². The van der Waals surface area contributed by atoms with Crippen molar-refractivity contribution < 1.29 is 24.2 Å². The van der Waals surface area contributed by atoms with E-state index in [1.54, 1.807) is 14.2 Å². The molecule has 8 nitrogen and oxygen atoms in total. The minimum atomic E-state index is -0.892. The predicted octanol–water partition coefficient (Wildman–Crippen LogP) is 2.56. The molecule has 0 spiro atoms. The smallest absolute Gasteiger partial charge is 0.303 e. The van der Waals surface area contributed by atoms with E-state index in [2.05, 4.69) is 34.6 Å². The number of hydrogen-bond donors (Lipinski definition) is 2. The zero-order chi connectivity index (χ0) is 21.7. The summed E-state index contributed by atoms with van der Waals surface area (Å²) < 4.78 is 10.9. The van der Waals surface area contributed by atoms with Crippen molar-refractivity contribution in [2.24, 2.45) is 5.10 Å². The van der Waals surface area contributed by atoms with E-state index in [0.29, 0.717) is 12.5 Å². The van der Waals surface area contributed by atoms with Gasteiger partial charge in [0.1, 0.15) is 0 Å². The number of carboxylic acid groups (broad SMARTS) is 1. The monoisotopic (exact) mass is 417 g/mol. The molecule has 0 aromatic heterocycles. The molecule has 2 fully saturated rings. The van der Waals surface area contributed by atoms with Gasteiger partial charge < -0.3 is 19.5 Å². The number of likely N-dealkylation sites (N-methyl/N-ethyl adjacent to an activating group) is 1. The first-order valence-corrected chi connectivity index (χ1v) is 10.4. The fourth-order valence-corrected chi connectivity index (χ4v) is 4.78. The summed E-state index contributed by atoms with van der Waals surface area (Å²) in [4.78, 5) is 24.9. The van der Waals surface area contributed by atoms with E-state index in [1.165, 1.54) is 5.56 Å². The number of carboxylic acids is 1. The first-order valence-electron chi connectivity index (χ1n) is 10.4. The van der Waals surface area contributed by atoms with E-state index < -0.39 is 5.97 Å². The molecule has 0 bridgehead atoms. The molecule has 1 saturated heterocycles. The number of aliphatic carboxylic acids is 1. The van der Waals surface area contributed by atoms with Crippen LogP contribution in [-0.2, 0) is 15.0 Å². The minimum Gasteiger partial charge on any atom is -0.493 e. The van der Waals surface area contributed by atoms with Crippen molar-refractivity contribution in [3.8, 4) is 11.5 Å². The van der Waals surface area contributed by atoms with E-state index >= 15 is 0 Å². The van der Waals surface area contributed by atoms with Crippen molar-refractivity contribution in [1.82, 2.24) is 10.3 Å². The highest BCUT2D eigenvalue weighted by Crippen LogP contribution is 2.49. The highest BCUT2D eigenvalue weighted by molar-refractivity contribution is 5.88. The van der Waals surface area contributed by atoms with E-state index in [1.807, 2.05) is 6.07 Å². The lowest BCUT2D eigenvalue weighted by Crippen LogP contribution is -2.46. The van der Waals surface area contributed by atoms with E-state index in [9.17, 15) is 9.59 Å². The zero-order valence-electron chi connectivity index (χ0n) is 17.9. The zero-order valence-corrected chi connectivity index (χ0v) is 17.9. The summed E-state index contributed by atoms with van der Waals surface area (Å²) in [6, 6.07) is 6.50. The van der Waals surface area contributed by atoms with Gasteiger partial charge in [0.2, 0.25) is 5.91 Å². The number of hydrogen-bond acceptors (Lipinski definition) is 6. The molecule has 2 atom stereocenters. The Morgan fingerprint density at radius 1 is 1.23 bits per heavy atom. The fourth-order valence-electron chi connectivity index (χ4n) is 4.78. The highest BCUT2D eigenvalue weighted by Gasteiger charge is 2.49. The van der Waals surface area contributed by atoms with Crippen LogP contribution in [0.2, 0.25) is 0 Å². The van der Waals surface area contributed by atoms with Crippen LogP contribution >= 0.6 is 0 Å². The van der Waals surface area contributed by atoms with E-state index in [-0.39, 0.29) is 24.2 Å². The summed E-state index contributed by atoms with van der Waals surface area (Å²) >= 11 is 0. The van der Waals surface area contributed by atoms with Gasteiger partial charge in [-0.25, -0.2) is 5.43 Å². The fraction of sp³-hybridized carbons (Fsp3) is 0.591. The second-order valence-corrected chi connectivity index (χ2v) is 8.14. The first-order chi connectivity index (χ1) is 14.4. The van der Waals surface area contributed by atoms with Crippen LogP contribution in [0, 0.1) is 0 Å². The van der Waals surface area contributed by atoms with Gasteiger partial charge in [-0.05, 0) is 57.0 Å². The third kappa shape index (κ3) is 4.59. The number of rotatable bonds is 8. The molecule has 1 aliphatic heterocycles. The second kappa shape index (κ2) is 9.47. The van der Waals surface area contributed by atoms with Crippen LogP contribution in [0.4, 0.5) is 0 Å². The Labute approximate surface area is 177 Å². The van der Waals surface area contributed by atoms with Crippen LogP contribution in [0.3, 0.4) is 0 Å². The second-order valence-electron chi connectivity index (χ2n) is 8.14. The Hall–Kier alpha value is -2.61. The number of nitrogens with zero attached hydrogens (tertiary/aromatic N) is 2. The van der Waals surface area contributed by atoms with Crippen molar-refractivity contribution in [3.63, 3.8) is 0 Å². The normalized spacial score (nSPS) is 25.0. The van der Waals surface area contributed by atoms with Crippen molar-refractivity contribution >= 4 is 17.6 Å². The van der Waals surface area contributed by atoms with E-state index in [4.69, 9.17) is 14.6 Å². The SMILES string of the molecule is COc1ccc([C@@]23CC/C(=N/NC(=O)CCCC(=O)O)C[C@@H]2N(C)CC3)cc1OC. The number of carbonyl (C=O) groups is 2. The summed E-state index contributed by atoms with van der Waals surface area (Å²) in [5.74, 6) is 0.340. The average molecular weight is 418 g/mol. The number of benzene rings is 1. The summed E-state index contributed by atoms with van der Waals surface area (Å²) in [7, 11) is 5.43. The summed E-state index contributed by atoms with van der Waals surface area (Å²) in [5.41, 5.74) is 4.87. The number of ether oxygens (including phenoxy) is 2. The minimum absolute atomic E-state index is 0.00922. The van der Waals surface area contributed by atoms with Crippen molar-refractivity contribution in [2.45, 2.75) is 56.4 Å². The highest BCUT2D eigenvalue weighted by atomic mass is 16.5. The standard InChI is InChI=1S/C22H31N3O5/c1-25-12-11-22(15-7-8-17(29-2)18(13-15)30-3)10-9-16(14-19(22)25)23-24-20(26)5-4-6-21(27)28/h7-8,13,19H,4-6,9-12,14H2,1-3H3,(H,24,26)(H,27,28)/b23-16-/t19-,22-/m0/s1. The van der Waals surface area contributed by atoms with Crippen LogP contribution in [0.1, 0.15) is 50.5 Å². The van der Waals surface area contributed by atoms with Gasteiger partial charge in [0.15, 0.2) is 11.5 Å². The van der Waals surface area contributed by atoms with Crippen LogP contribution in [0.25, 0.3) is 0 Å². The quantitative estimate of drug-likeness (QED) is 0.631. The number of likely N-dealkylation sites (tertiary alicyclic amines) is 1.